The van der Waals surface area contributed by atoms with Crippen molar-refractivity contribution in [3.05, 3.63) is 64.1 Å². The van der Waals surface area contributed by atoms with E-state index in [1.165, 1.54) is 0 Å². The van der Waals surface area contributed by atoms with E-state index in [1.807, 2.05) is 47.4 Å². The van der Waals surface area contributed by atoms with Gasteiger partial charge in [-0.3, -0.25) is 9.59 Å². The van der Waals surface area contributed by atoms with Crippen molar-refractivity contribution in [1.82, 2.24) is 4.90 Å². The van der Waals surface area contributed by atoms with Crippen LogP contribution >= 0.6 is 15.9 Å². The van der Waals surface area contributed by atoms with E-state index < -0.39 is 0 Å². The summed E-state index contributed by atoms with van der Waals surface area (Å²) in [7, 11) is 0. The van der Waals surface area contributed by atoms with Gasteiger partial charge in [0.25, 0.3) is 5.91 Å². The zero-order chi connectivity index (χ0) is 20.1. The van der Waals surface area contributed by atoms with Gasteiger partial charge in [-0.25, -0.2) is 0 Å². The molecule has 2 atom stereocenters. The first kappa shape index (κ1) is 20.6. The molecule has 0 bridgehead atoms. The molecule has 1 saturated carbocycles. The van der Waals surface area contributed by atoms with Gasteiger partial charge in [0, 0.05) is 35.7 Å². The Morgan fingerprint density at radius 2 is 1.79 bits per heavy atom. The molecule has 0 spiro atoms. The van der Waals surface area contributed by atoms with Gasteiger partial charge in [-0.2, -0.15) is 0 Å². The van der Waals surface area contributed by atoms with Gasteiger partial charge in [-0.1, -0.05) is 37.1 Å². The second kappa shape index (κ2) is 9.34. The molecule has 0 radical (unpaired) electrons. The molecule has 0 heterocycles. The summed E-state index contributed by atoms with van der Waals surface area (Å²) in [5.41, 5.74) is 8.59. The van der Waals surface area contributed by atoms with Crippen molar-refractivity contribution in [2.45, 2.75) is 51.2 Å². The van der Waals surface area contributed by atoms with E-state index in [9.17, 15) is 9.59 Å². The van der Waals surface area contributed by atoms with E-state index in [0.717, 1.165) is 35.7 Å². The fourth-order valence-corrected chi connectivity index (χ4v) is 4.19. The molecule has 2 amide bonds. The van der Waals surface area contributed by atoms with Gasteiger partial charge >= 0.3 is 0 Å². The molecule has 28 heavy (non-hydrogen) atoms. The van der Waals surface area contributed by atoms with Crippen LogP contribution in [0.15, 0.2) is 53.0 Å². The molecular weight excluding hydrogens is 418 g/mol. The van der Waals surface area contributed by atoms with Crippen LogP contribution in [0.2, 0.25) is 0 Å². The SMILES string of the molecule is CC(=O)N(Cc1ccc(NC(=O)c2ccccc2Br)cc1)C1CCCCC1N. The number of benzene rings is 2. The van der Waals surface area contributed by atoms with Crippen molar-refractivity contribution >= 4 is 33.4 Å². The lowest BCUT2D eigenvalue weighted by atomic mass is 9.89. The lowest BCUT2D eigenvalue weighted by Gasteiger charge is -2.38. The molecule has 3 N–H and O–H groups in total. The largest absolute Gasteiger partial charge is 0.334 e. The van der Waals surface area contributed by atoms with Gasteiger partial charge < -0.3 is 16.0 Å². The maximum atomic E-state index is 12.4. The third kappa shape index (κ3) is 5.00. The molecule has 0 saturated heterocycles. The summed E-state index contributed by atoms with van der Waals surface area (Å²) in [5, 5.41) is 2.90. The number of anilines is 1. The zero-order valence-corrected chi connectivity index (χ0v) is 17.6. The molecule has 0 aromatic heterocycles. The molecule has 3 rings (SSSR count). The molecule has 1 aliphatic rings. The highest BCUT2D eigenvalue weighted by molar-refractivity contribution is 9.10. The minimum Gasteiger partial charge on any atom is -0.334 e. The van der Waals surface area contributed by atoms with Gasteiger partial charge in [-0.15, -0.1) is 0 Å². The summed E-state index contributed by atoms with van der Waals surface area (Å²) in [6.07, 6.45) is 4.17. The second-order valence-corrected chi connectivity index (χ2v) is 8.15. The number of amides is 2. The molecular formula is C22H26BrN3O2. The fraction of sp³-hybridized carbons (Fsp3) is 0.364. The number of carbonyl (C=O) groups excluding carboxylic acids is 2. The van der Waals surface area contributed by atoms with Gasteiger partial charge in [0.2, 0.25) is 5.91 Å². The smallest absolute Gasteiger partial charge is 0.256 e. The Balaban J connectivity index is 1.67. The Morgan fingerprint density at radius 3 is 2.43 bits per heavy atom. The van der Waals surface area contributed by atoms with Crippen molar-refractivity contribution in [3.63, 3.8) is 0 Å². The number of nitrogens with zero attached hydrogens (tertiary/aromatic N) is 1. The van der Waals surface area contributed by atoms with Crippen LogP contribution < -0.4 is 11.1 Å². The van der Waals surface area contributed by atoms with Crippen LogP contribution in [0.25, 0.3) is 0 Å². The number of hydrogen-bond donors (Lipinski definition) is 2. The molecule has 148 valence electrons. The van der Waals surface area contributed by atoms with Crippen LogP contribution in [0.1, 0.15) is 48.5 Å². The predicted octanol–water partition coefficient (Wildman–Crippen LogP) is 4.32. The minimum atomic E-state index is -0.168. The number of carbonyl (C=O) groups is 2. The lowest BCUT2D eigenvalue weighted by Crippen LogP contribution is -2.50. The number of hydrogen-bond acceptors (Lipinski definition) is 3. The molecule has 0 aliphatic heterocycles. The first-order valence-electron chi connectivity index (χ1n) is 9.63. The van der Waals surface area contributed by atoms with E-state index in [4.69, 9.17) is 5.73 Å². The molecule has 2 unspecified atom stereocenters. The maximum Gasteiger partial charge on any atom is 0.256 e. The zero-order valence-electron chi connectivity index (χ0n) is 16.0. The first-order valence-corrected chi connectivity index (χ1v) is 10.4. The maximum absolute atomic E-state index is 12.4. The van der Waals surface area contributed by atoms with Crippen molar-refractivity contribution in [3.8, 4) is 0 Å². The third-order valence-electron chi connectivity index (χ3n) is 5.27. The summed E-state index contributed by atoms with van der Waals surface area (Å²) in [6.45, 7) is 2.14. The highest BCUT2D eigenvalue weighted by Crippen LogP contribution is 2.24. The fourth-order valence-electron chi connectivity index (χ4n) is 3.72. The number of halogens is 1. The highest BCUT2D eigenvalue weighted by Gasteiger charge is 2.29. The summed E-state index contributed by atoms with van der Waals surface area (Å²) in [4.78, 5) is 26.5. The Labute approximate surface area is 174 Å². The number of nitrogens with one attached hydrogen (secondary N) is 1. The molecule has 2 aromatic carbocycles. The van der Waals surface area contributed by atoms with Crippen LogP contribution in [0.3, 0.4) is 0 Å². The van der Waals surface area contributed by atoms with Crippen LogP contribution in [-0.4, -0.2) is 28.8 Å². The Morgan fingerprint density at radius 1 is 1.11 bits per heavy atom. The Hall–Kier alpha value is -2.18. The van der Waals surface area contributed by atoms with Crippen molar-refractivity contribution < 1.29 is 9.59 Å². The van der Waals surface area contributed by atoms with E-state index in [-0.39, 0.29) is 23.9 Å². The average Bonchev–Trinajstić information content (AvgIpc) is 2.68. The summed E-state index contributed by atoms with van der Waals surface area (Å²) in [5.74, 6) is -0.118. The summed E-state index contributed by atoms with van der Waals surface area (Å²) in [6, 6.07) is 15.1. The normalized spacial score (nSPS) is 19.1. The van der Waals surface area contributed by atoms with Gasteiger partial charge in [0.15, 0.2) is 0 Å². The van der Waals surface area contributed by atoms with Gasteiger partial charge in [-0.05, 0) is 58.6 Å². The van der Waals surface area contributed by atoms with Crippen molar-refractivity contribution in [2.75, 3.05) is 5.32 Å². The van der Waals surface area contributed by atoms with Crippen LogP contribution in [0.4, 0.5) is 5.69 Å². The van der Waals surface area contributed by atoms with E-state index in [0.29, 0.717) is 17.8 Å². The van der Waals surface area contributed by atoms with Crippen LogP contribution in [-0.2, 0) is 11.3 Å². The molecule has 1 aliphatic carbocycles. The molecule has 6 heteroatoms. The third-order valence-corrected chi connectivity index (χ3v) is 5.96. The summed E-state index contributed by atoms with van der Waals surface area (Å²) >= 11 is 3.40. The Bertz CT molecular complexity index is 838. The topological polar surface area (TPSA) is 75.4 Å². The standard InChI is InChI=1S/C22H26BrN3O2/c1-15(27)26(21-9-5-4-8-20(21)24)14-16-10-12-17(13-11-16)25-22(28)18-6-2-3-7-19(18)23/h2-3,6-7,10-13,20-21H,4-5,8-9,14,24H2,1H3,(H,25,28). The van der Waals surface area contributed by atoms with Crippen molar-refractivity contribution in [2.24, 2.45) is 5.73 Å². The highest BCUT2D eigenvalue weighted by atomic mass is 79.9. The molecule has 1 fully saturated rings. The minimum absolute atomic E-state index is 0.0422. The summed E-state index contributed by atoms with van der Waals surface area (Å²) < 4.78 is 0.755. The molecule has 5 nitrogen and oxygen atoms in total. The monoisotopic (exact) mass is 443 g/mol. The lowest BCUT2D eigenvalue weighted by molar-refractivity contribution is -0.133. The number of nitrogens with two attached hydrogens (primary N) is 1. The average molecular weight is 444 g/mol. The van der Waals surface area contributed by atoms with Crippen LogP contribution in [0.5, 0.6) is 0 Å². The quantitative estimate of drug-likeness (QED) is 0.722. The second-order valence-electron chi connectivity index (χ2n) is 7.29. The van der Waals surface area contributed by atoms with E-state index in [2.05, 4.69) is 21.2 Å². The van der Waals surface area contributed by atoms with Gasteiger partial charge in [0.1, 0.15) is 0 Å². The Kier molecular flexibility index (Phi) is 6.86. The van der Waals surface area contributed by atoms with Crippen molar-refractivity contribution in [1.29, 1.82) is 0 Å². The number of rotatable bonds is 5. The predicted molar refractivity (Wildman–Crippen MR) is 115 cm³/mol. The van der Waals surface area contributed by atoms with Gasteiger partial charge in [0.05, 0.1) is 5.56 Å². The van der Waals surface area contributed by atoms with Crippen LogP contribution in [0, 0.1) is 0 Å². The van der Waals surface area contributed by atoms with E-state index >= 15 is 0 Å². The first-order chi connectivity index (χ1) is 13.5. The molecule has 2 aromatic rings. The van der Waals surface area contributed by atoms with E-state index in [1.54, 1.807) is 13.0 Å².